The van der Waals surface area contributed by atoms with E-state index in [1.807, 2.05) is 0 Å². The van der Waals surface area contributed by atoms with Gasteiger partial charge in [-0.1, -0.05) is 0 Å². The fourth-order valence-corrected chi connectivity index (χ4v) is 3.12. The first kappa shape index (κ1) is 15.9. The Balaban J connectivity index is 1.57. The quantitative estimate of drug-likeness (QED) is 0.782. The maximum Gasteiger partial charge on any atom is 0.352 e. The van der Waals surface area contributed by atoms with Crippen molar-refractivity contribution in [3.05, 3.63) is 51.7 Å². The Morgan fingerprint density at radius 2 is 2.00 bits per heavy atom. The lowest BCUT2D eigenvalue weighted by Crippen LogP contribution is -2.43. The molecule has 2 aliphatic rings. The lowest BCUT2D eigenvalue weighted by Gasteiger charge is -2.30. The summed E-state index contributed by atoms with van der Waals surface area (Å²) in [6, 6.07) is 3.38. The van der Waals surface area contributed by atoms with Crippen molar-refractivity contribution in [2.45, 2.75) is 19.2 Å². The predicted molar refractivity (Wildman–Crippen MR) is 81.1 cm³/mol. The number of aromatic nitrogens is 2. The molecule has 0 spiro atoms. The maximum absolute atomic E-state index is 13.2. The molecule has 1 fully saturated rings. The lowest BCUT2D eigenvalue weighted by atomic mass is 10.2. The first-order valence-corrected chi connectivity index (χ1v) is 7.75. The van der Waals surface area contributed by atoms with Crippen molar-refractivity contribution in [1.29, 1.82) is 0 Å². The molecule has 1 aromatic heterocycles. The second-order valence-corrected chi connectivity index (χ2v) is 5.93. The van der Waals surface area contributed by atoms with Crippen LogP contribution >= 0.6 is 0 Å². The number of halogens is 3. The van der Waals surface area contributed by atoms with Gasteiger partial charge in [-0.15, -0.1) is 0 Å². The monoisotopic (exact) mass is 353 g/mol. The fraction of sp³-hybridized carbons (Fsp3) is 0.375. The average Bonchev–Trinajstić information content (AvgIpc) is 2.97. The minimum Gasteiger partial charge on any atom is -0.473 e. The van der Waals surface area contributed by atoms with E-state index in [2.05, 4.69) is 9.88 Å². The summed E-state index contributed by atoms with van der Waals surface area (Å²) in [6.07, 6.45) is 0. The van der Waals surface area contributed by atoms with Gasteiger partial charge in [0.05, 0.1) is 25.8 Å². The van der Waals surface area contributed by atoms with E-state index in [1.165, 1.54) is 0 Å². The minimum atomic E-state index is -1.53. The third kappa shape index (κ3) is 2.84. The Bertz CT molecular complexity index is 864. The number of nitrogens with zero attached hydrogens (tertiary/aromatic N) is 3. The highest BCUT2D eigenvalue weighted by atomic mass is 19.2. The van der Waals surface area contributed by atoms with Gasteiger partial charge in [0.2, 0.25) is 5.88 Å². The average molecular weight is 353 g/mol. The van der Waals surface area contributed by atoms with Gasteiger partial charge in [-0.3, -0.25) is 4.57 Å². The van der Waals surface area contributed by atoms with Crippen LogP contribution in [0.5, 0.6) is 5.88 Å². The van der Waals surface area contributed by atoms with E-state index in [0.29, 0.717) is 32.1 Å². The molecule has 132 valence electrons. The molecule has 3 heterocycles. The van der Waals surface area contributed by atoms with E-state index in [1.54, 1.807) is 10.6 Å². The number of benzene rings is 1. The fourth-order valence-electron chi connectivity index (χ4n) is 3.12. The second kappa shape index (κ2) is 6.07. The van der Waals surface area contributed by atoms with Crippen LogP contribution in [-0.4, -0.2) is 35.4 Å². The molecule has 0 saturated carbocycles. The van der Waals surface area contributed by atoms with Gasteiger partial charge in [0.25, 0.3) is 0 Å². The summed E-state index contributed by atoms with van der Waals surface area (Å²) < 4.78 is 51.8. The highest BCUT2D eigenvalue weighted by molar-refractivity contribution is 5.47. The minimum absolute atomic E-state index is 0.0496. The van der Waals surface area contributed by atoms with Crippen LogP contribution in [0.4, 0.5) is 19.0 Å². The Morgan fingerprint density at radius 1 is 1.24 bits per heavy atom. The van der Waals surface area contributed by atoms with Crippen molar-refractivity contribution in [1.82, 2.24) is 9.55 Å². The molecule has 0 radical (unpaired) electrons. The topological polar surface area (TPSA) is 56.6 Å². The summed E-state index contributed by atoms with van der Waals surface area (Å²) in [5.74, 6) is -3.39. The van der Waals surface area contributed by atoms with Crippen molar-refractivity contribution in [3.63, 3.8) is 0 Å². The van der Waals surface area contributed by atoms with Gasteiger partial charge < -0.3 is 14.4 Å². The van der Waals surface area contributed by atoms with Crippen molar-refractivity contribution in [2.75, 3.05) is 24.7 Å². The molecule has 9 heteroatoms. The van der Waals surface area contributed by atoms with E-state index in [4.69, 9.17) is 9.47 Å². The molecule has 2 aromatic rings. The maximum atomic E-state index is 13.2. The van der Waals surface area contributed by atoms with Crippen molar-refractivity contribution in [2.24, 2.45) is 0 Å². The summed E-state index contributed by atoms with van der Waals surface area (Å²) in [5.41, 5.74) is -0.360. The Labute approximate surface area is 140 Å². The van der Waals surface area contributed by atoms with Gasteiger partial charge in [0.1, 0.15) is 12.4 Å². The SMILES string of the molecule is O=c1nc(OCc2cc(F)c(F)c(F)c2)cc2n1C[C@@H]1COCCN21. The molecule has 0 aliphatic carbocycles. The molecule has 1 saturated heterocycles. The van der Waals surface area contributed by atoms with Crippen molar-refractivity contribution >= 4 is 5.82 Å². The zero-order chi connectivity index (χ0) is 17.6. The van der Waals surface area contributed by atoms with Gasteiger partial charge in [-0.25, -0.2) is 18.0 Å². The number of anilines is 1. The van der Waals surface area contributed by atoms with Crippen LogP contribution in [0.25, 0.3) is 0 Å². The first-order valence-electron chi connectivity index (χ1n) is 7.75. The van der Waals surface area contributed by atoms with E-state index < -0.39 is 23.1 Å². The molecular weight excluding hydrogens is 339 g/mol. The molecule has 0 unspecified atom stereocenters. The van der Waals surface area contributed by atoms with Gasteiger partial charge in [0.15, 0.2) is 17.5 Å². The largest absolute Gasteiger partial charge is 0.473 e. The molecule has 0 amide bonds. The van der Waals surface area contributed by atoms with E-state index in [9.17, 15) is 18.0 Å². The summed E-state index contributed by atoms with van der Waals surface area (Å²) in [7, 11) is 0. The van der Waals surface area contributed by atoms with E-state index >= 15 is 0 Å². The summed E-state index contributed by atoms with van der Waals surface area (Å²) in [6.45, 7) is 2.01. The van der Waals surface area contributed by atoms with Gasteiger partial charge in [0, 0.05) is 12.6 Å². The van der Waals surface area contributed by atoms with Crippen LogP contribution in [0.15, 0.2) is 23.0 Å². The van der Waals surface area contributed by atoms with Crippen LogP contribution in [-0.2, 0) is 17.9 Å². The molecule has 0 bridgehead atoms. The van der Waals surface area contributed by atoms with E-state index in [-0.39, 0.29) is 24.1 Å². The highest BCUT2D eigenvalue weighted by Gasteiger charge is 2.33. The van der Waals surface area contributed by atoms with Crippen LogP contribution in [0.3, 0.4) is 0 Å². The molecule has 1 atom stereocenters. The number of hydrogen-bond acceptors (Lipinski definition) is 5. The molecule has 0 N–H and O–H groups in total. The molecular formula is C16H14F3N3O3. The van der Waals surface area contributed by atoms with Crippen LogP contribution < -0.4 is 15.3 Å². The number of hydrogen-bond donors (Lipinski definition) is 0. The zero-order valence-corrected chi connectivity index (χ0v) is 13.0. The zero-order valence-electron chi connectivity index (χ0n) is 13.0. The summed E-state index contributed by atoms with van der Waals surface area (Å²) >= 11 is 0. The second-order valence-electron chi connectivity index (χ2n) is 5.93. The number of morpholine rings is 1. The Kier molecular flexibility index (Phi) is 3.87. The van der Waals surface area contributed by atoms with E-state index in [0.717, 1.165) is 12.1 Å². The molecule has 6 nitrogen and oxygen atoms in total. The normalized spacial score (nSPS) is 18.8. The van der Waals surface area contributed by atoms with Crippen LogP contribution in [0.1, 0.15) is 5.56 Å². The van der Waals surface area contributed by atoms with Crippen LogP contribution in [0, 0.1) is 17.5 Å². The predicted octanol–water partition coefficient (Wildman–Crippen LogP) is 1.46. The van der Waals surface area contributed by atoms with Gasteiger partial charge in [-0.2, -0.15) is 4.98 Å². The Hall–Kier alpha value is -2.55. The third-order valence-corrected chi connectivity index (χ3v) is 4.31. The number of fused-ring (bicyclic) bond motifs is 3. The summed E-state index contributed by atoms with van der Waals surface area (Å²) in [5, 5.41) is 0. The molecule has 4 rings (SSSR count). The highest BCUT2D eigenvalue weighted by Crippen LogP contribution is 2.28. The van der Waals surface area contributed by atoms with Gasteiger partial charge >= 0.3 is 5.69 Å². The summed E-state index contributed by atoms with van der Waals surface area (Å²) in [4.78, 5) is 18.1. The van der Waals surface area contributed by atoms with Crippen molar-refractivity contribution < 1.29 is 22.6 Å². The number of rotatable bonds is 3. The number of ether oxygens (including phenoxy) is 2. The smallest absolute Gasteiger partial charge is 0.352 e. The Morgan fingerprint density at radius 3 is 2.76 bits per heavy atom. The standard InChI is InChI=1S/C16H14F3N3O3/c17-11-3-9(4-12(18)15(11)19)7-25-13-5-14-21-1-2-24-8-10(21)6-22(14)16(23)20-13/h3-5,10H,1-2,6-8H2/t10-/m1/s1. The molecule has 25 heavy (non-hydrogen) atoms. The van der Waals surface area contributed by atoms with Crippen LogP contribution in [0.2, 0.25) is 0 Å². The third-order valence-electron chi connectivity index (χ3n) is 4.31. The molecule has 1 aromatic carbocycles. The lowest BCUT2D eigenvalue weighted by molar-refractivity contribution is 0.0956. The van der Waals surface area contributed by atoms with Gasteiger partial charge in [-0.05, 0) is 17.7 Å². The first-order chi connectivity index (χ1) is 12.0. The van der Waals surface area contributed by atoms with Crippen molar-refractivity contribution in [3.8, 4) is 5.88 Å². The molecule has 2 aliphatic heterocycles.